The van der Waals surface area contributed by atoms with Crippen LogP contribution in [-0.2, 0) is 39.7 Å². The van der Waals surface area contributed by atoms with Gasteiger partial charge < -0.3 is 14.2 Å². The average Bonchev–Trinajstić information content (AvgIpc) is 3.99. The molecular formula is C40H39BrN6O7S2. The number of ether oxygens (including phenoxy) is 3. The van der Waals surface area contributed by atoms with Crippen LogP contribution in [0.5, 0.6) is 17.2 Å². The lowest BCUT2D eigenvalue weighted by molar-refractivity contribution is 0.397. The summed E-state index contributed by atoms with van der Waals surface area (Å²) in [5.74, 6) is 2.19. The number of halogens is 1. The van der Waals surface area contributed by atoms with Crippen molar-refractivity contribution < 1.29 is 31.0 Å². The van der Waals surface area contributed by atoms with Gasteiger partial charge in [-0.2, -0.15) is 4.31 Å². The molecule has 1 aliphatic rings. The number of anilines is 1. The molecule has 0 atom stereocenters. The van der Waals surface area contributed by atoms with E-state index in [0.29, 0.717) is 51.4 Å². The molecule has 290 valence electrons. The Hall–Kier alpha value is -5.29. The van der Waals surface area contributed by atoms with Crippen molar-refractivity contribution in [3.05, 3.63) is 130 Å². The van der Waals surface area contributed by atoms with Crippen molar-refractivity contribution in [3.8, 4) is 39.8 Å². The zero-order chi connectivity index (χ0) is 39.5. The Morgan fingerprint density at radius 3 is 1.73 bits per heavy atom. The number of hydrogen-bond donors (Lipinski definition) is 1. The molecule has 0 radical (unpaired) electrons. The van der Waals surface area contributed by atoms with Gasteiger partial charge in [0.2, 0.25) is 20.0 Å². The monoisotopic (exact) mass is 858 g/mol. The Morgan fingerprint density at radius 1 is 0.714 bits per heavy atom. The maximum Gasteiger partial charge on any atom is 0.245 e. The molecule has 1 aromatic heterocycles. The molecular weight excluding hydrogens is 821 g/mol. The minimum atomic E-state index is -4.37. The average molecular weight is 860 g/mol. The largest absolute Gasteiger partial charge is 0.497 e. The van der Waals surface area contributed by atoms with E-state index in [9.17, 15) is 8.42 Å². The number of rotatable bonds is 16. The molecule has 1 saturated carbocycles. The van der Waals surface area contributed by atoms with Crippen LogP contribution in [0.1, 0.15) is 29.5 Å². The summed E-state index contributed by atoms with van der Waals surface area (Å²) in [5.41, 5.74) is 4.14. The second-order valence-corrected chi connectivity index (χ2v) is 17.9. The third-order valence-electron chi connectivity index (χ3n) is 9.41. The zero-order valence-electron chi connectivity index (χ0n) is 30.8. The lowest BCUT2D eigenvalue weighted by Gasteiger charge is -2.26. The van der Waals surface area contributed by atoms with E-state index in [1.807, 2.05) is 48.5 Å². The number of tetrazole rings is 1. The van der Waals surface area contributed by atoms with E-state index >= 15 is 8.42 Å². The lowest BCUT2D eigenvalue weighted by atomic mass is 9.98. The van der Waals surface area contributed by atoms with Gasteiger partial charge in [0, 0.05) is 28.8 Å². The maximum atomic E-state index is 15.4. The molecule has 5 aromatic carbocycles. The van der Waals surface area contributed by atoms with Crippen LogP contribution < -0.4 is 18.9 Å². The lowest BCUT2D eigenvalue weighted by Crippen LogP contribution is -2.31. The van der Waals surface area contributed by atoms with Gasteiger partial charge in [0.1, 0.15) is 22.1 Å². The molecule has 1 N–H and O–H groups in total. The van der Waals surface area contributed by atoms with Crippen molar-refractivity contribution in [2.75, 3.05) is 26.1 Å². The third-order valence-corrected chi connectivity index (χ3v) is 14.1. The van der Waals surface area contributed by atoms with E-state index < -0.39 is 25.3 Å². The SMILES string of the molecule is COc1ccc(CN(Cc2ccc(OC)cc2)S(=O)(=O)c2c(Br)ccc(-c3ccc(NS(=O)(=O)C4CC4)cc3)c2-c2nnnn2Cc2ccc(OC)cc2)cc1. The van der Waals surface area contributed by atoms with Gasteiger partial charge in [-0.25, -0.2) is 21.5 Å². The molecule has 0 amide bonds. The molecule has 0 bridgehead atoms. The minimum absolute atomic E-state index is 0.0289. The first-order valence-electron chi connectivity index (χ1n) is 17.6. The molecule has 7 rings (SSSR count). The van der Waals surface area contributed by atoms with E-state index in [4.69, 9.17) is 14.2 Å². The molecule has 6 aromatic rings. The Balaban J connectivity index is 1.38. The number of hydrogen-bond acceptors (Lipinski definition) is 10. The highest BCUT2D eigenvalue weighted by atomic mass is 79.9. The topological polar surface area (TPSA) is 155 Å². The van der Waals surface area contributed by atoms with Gasteiger partial charge in [0.25, 0.3) is 0 Å². The second-order valence-electron chi connectivity index (χ2n) is 13.2. The third kappa shape index (κ3) is 8.58. The first-order valence-corrected chi connectivity index (χ1v) is 21.4. The standard InChI is InChI=1S/C40H39BrN6O7S2/c1-52-32-14-4-27(5-15-32)24-46(25-28-6-16-33(53-2)17-7-28)56(50,51)39-37(41)23-22-36(30-10-12-31(13-11-30)43-55(48,49)35-20-21-35)38(39)40-42-44-45-47(40)26-29-8-18-34(54-3)19-9-29/h4-19,22-23,35,43H,20-21,24-26H2,1-3H3. The van der Waals surface area contributed by atoms with Crippen molar-refractivity contribution in [1.29, 1.82) is 0 Å². The van der Waals surface area contributed by atoms with Crippen molar-refractivity contribution >= 4 is 41.7 Å². The van der Waals surface area contributed by atoms with Gasteiger partial charge in [0.05, 0.1) is 33.1 Å². The number of methoxy groups -OCH3 is 3. The van der Waals surface area contributed by atoms with Crippen LogP contribution in [0.15, 0.2) is 119 Å². The molecule has 56 heavy (non-hydrogen) atoms. The van der Waals surface area contributed by atoms with Gasteiger partial charge in [-0.3, -0.25) is 4.72 Å². The van der Waals surface area contributed by atoms with Crippen LogP contribution in [0.2, 0.25) is 0 Å². The van der Waals surface area contributed by atoms with Crippen LogP contribution in [0, 0.1) is 0 Å². The fourth-order valence-corrected chi connectivity index (χ4v) is 10.2. The Labute approximate surface area is 334 Å². The molecule has 1 fully saturated rings. The molecule has 1 aliphatic carbocycles. The predicted octanol–water partition coefficient (Wildman–Crippen LogP) is 7.14. The number of benzene rings is 5. The second kappa shape index (κ2) is 16.4. The molecule has 16 heteroatoms. The zero-order valence-corrected chi connectivity index (χ0v) is 34.0. The smallest absolute Gasteiger partial charge is 0.245 e. The van der Waals surface area contributed by atoms with Crippen LogP contribution in [0.25, 0.3) is 22.5 Å². The summed E-state index contributed by atoms with van der Waals surface area (Å²) in [6, 6.07) is 32.2. The van der Waals surface area contributed by atoms with E-state index in [-0.39, 0.29) is 35.9 Å². The fraction of sp³-hybridized carbons (Fsp3) is 0.225. The quantitative estimate of drug-likeness (QED) is 0.106. The Kier molecular flexibility index (Phi) is 11.4. The van der Waals surface area contributed by atoms with E-state index in [1.54, 1.807) is 86.7 Å². The fourth-order valence-electron chi connectivity index (χ4n) is 6.23. The highest BCUT2D eigenvalue weighted by Crippen LogP contribution is 2.42. The van der Waals surface area contributed by atoms with Gasteiger partial charge in [0.15, 0.2) is 5.82 Å². The molecule has 13 nitrogen and oxygen atoms in total. The van der Waals surface area contributed by atoms with Gasteiger partial charge in [-0.15, -0.1) is 5.10 Å². The summed E-state index contributed by atoms with van der Waals surface area (Å²) >= 11 is 3.62. The molecule has 0 unspecified atom stereocenters. The van der Waals surface area contributed by atoms with Crippen molar-refractivity contribution in [2.45, 2.75) is 42.6 Å². The highest BCUT2D eigenvalue weighted by molar-refractivity contribution is 9.10. The molecule has 0 spiro atoms. The van der Waals surface area contributed by atoms with Crippen molar-refractivity contribution in [2.24, 2.45) is 0 Å². The van der Waals surface area contributed by atoms with Gasteiger partial charge >= 0.3 is 0 Å². The minimum Gasteiger partial charge on any atom is -0.497 e. The summed E-state index contributed by atoms with van der Waals surface area (Å²) in [4.78, 5) is -0.0404. The van der Waals surface area contributed by atoms with Crippen LogP contribution in [-0.4, -0.2) is 67.9 Å². The molecule has 0 saturated heterocycles. The maximum absolute atomic E-state index is 15.4. The van der Waals surface area contributed by atoms with Crippen LogP contribution in [0.3, 0.4) is 0 Å². The van der Waals surface area contributed by atoms with Gasteiger partial charge in [-0.1, -0.05) is 54.6 Å². The number of sulfonamides is 2. The van der Waals surface area contributed by atoms with Crippen LogP contribution in [0.4, 0.5) is 5.69 Å². The molecule has 0 aliphatic heterocycles. The number of nitrogens with one attached hydrogen (secondary N) is 1. The Bertz CT molecular complexity index is 2480. The normalized spacial score (nSPS) is 13.1. The van der Waals surface area contributed by atoms with E-state index in [1.165, 1.54) is 4.31 Å². The summed E-state index contributed by atoms with van der Waals surface area (Å²) in [6.07, 6.45) is 1.26. The summed E-state index contributed by atoms with van der Waals surface area (Å²) in [6.45, 7) is 0.281. The predicted molar refractivity (Wildman–Crippen MR) is 216 cm³/mol. The van der Waals surface area contributed by atoms with E-state index in [2.05, 4.69) is 36.2 Å². The van der Waals surface area contributed by atoms with Gasteiger partial charge in [-0.05, 0) is 122 Å². The summed E-state index contributed by atoms with van der Waals surface area (Å²) < 4.78 is 78.2. The Morgan fingerprint density at radius 2 is 1.23 bits per heavy atom. The number of nitrogens with zero attached hydrogens (tertiary/aromatic N) is 5. The van der Waals surface area contributed by atoms with Crippen LogP contribution >= 0.6 is 15.9 Å². The van der Waals surface area contributed by atoms with E-state index in [0.717, 1.165) is 16.7 Å². The first kappa shape index (κ1) is 39.0. The summed E-state index contributed by atoms with van der Waals surface area (Å²) in [7, 11) is -3.13. The van der Waals surface area contributed by atoms with Crippen molar-refractivity contribution in [3.63, 3.8) is 0 Å². The summed E-state index contributed by atoms with van der Waals surface area (Å²) in [5, 5.41) is 12.4. The molecule has 1 heterocycles. The first-order chi connectivity index (χ1) is 27.0. The van der Waals surface area contributed by atoms with Crippen molar-refractivity contribution in [1.82, 2.24) is 24.5 Å². The highest BCUT2D eigenvalue weighted by Gasteiger charge is 2.36. The number of aromatic nitrogens is 4.